The van der Waals surface area contributed by atoms with Gasteiger partial charge in [0.05, 0.1) is 0 Å². The molecule has 13 rings (SSSR count). The Labute approximate surface area is 396 Å². The van der Waals surface area contributed by atoms with E-state index in [4.69, 9.17) is 0 Å². The number of anilines is 6. The Bertz CT molecular complexity index is 3600. The molecule has 3 aliphatic rings. The molecule has 0 amide bonds. The molecule has 10 aromatic carbocycles. The van der Waals surface area contributed by atoms with Gasteiger partial charge in [0.2, 0.25) is 0 Å². The maximum atomic E-state index is 2.54. The zero-order valence-corrected chi connectivity index (χ0v) is 41.0. The zero-order valence-electron chi connectivity index (χ0n) is 39.0. The molecule has 0 N–H and O–H groups in total. The fourth-order valence-corrected chi connectivity index (χ4v) is 18.4. The largest absolute Gasteiger partial charge is 0.311 e. The Morgan fingerprint density at radius 3 is 1.22 bits per heavy atom. The molecule has 0 radical (unpaired) electrons. The van der Waals surface area contributed by atoms with Gasteiger partial charge in [0.25, 0.3) is 0 Å². The summed E-state index contributed by atoms with van der Waals surface area (Å²) in [4.78, 5) is 5.08. The fraction of sp³-hybridized carbons (Fsp3) is 0.111. The van der Waals surface area contributed by atoms with Crippen LogP contribution in [0.4, 0.5) is 34.1 Å². The molecule has 1 aliphatic carbocycles. The van der Waals surface area contributed by atoms with Crippen molar-refractivity contribution in [2.75, 3.05) is 9.80 Å². The van der Waals surface area contributed by atoms with Crippen LogP contribution in [0.15, 0.2) is 206 Å². The number of hydrogen-bond acceptors (Lipinski definition) is 2. The number of nitrogens with zero attached hydrogens (tertiary/aromatic N) is 2. The minimum atomic E-state index is -1.98. The Morgan fingerprint density at radius 2 is 0.731 bits per heavy atom. The highest BCUT2D eigenvalue weighted by molar-refractivity contribution is 7.03. The summed E-state index contributed by atoms with van der Waals surface area (Å²) in [6.45, 7) is 14.8. The average Bonchev–Trinajstić information content (AvgIpc) is 3.58. The first-order chi connectivity index (χ1) is 32.5. The lowest BCUT2D eigenvalue weighted by Gasteiger charge is -2.41. The highest BCUT2D eigenvalue weighted by Gasteiger charge is 2.41. The molecule has 0 bridgehead atoms. The Kier molecular flexibility index (Phi) is 8.60. The van der Waals surface area contributed by atoms with Crippen molar-refractivity contribution in [3.05, 3.63) is 217 Å². The summed E-state index contributed by atoms with van der Waals surface area (Å²) in [6, 6.07) is 78.7. The average molecular weight is 893 g/mol. The second-order valence-corrected chi connectivity index (χ2v) is 29.2. The van der Waals surface area contributed by atoms with E-state index in [9.17, 15) is 0 Å². The van der Waals surface area contributed by atoms with Crippen molar-refractivity contribution in [2.24, 2.45) is 0 Å². The molecular formula is C63H52N2Si2. The Balaban J connectivity index is 1.13. The van der Waals surface area contributed by atoms with Crippen molar-refractivity contribution in [3.63, 3.8) is 0 Å². The van der Waals surface area contributed by atoms with E-state index in [2.05, 4.69) is 256 Å². The second-order valence-electron chi connectivity index (χ2n) is 20.5. The van der Waals surface area contributed by atoms with Crippen molar-refractivity contribution in [1.82, 2.24) is 0 Å². The minimum absolute atomic E-state index is 0.139. The van der Waals surface area contributed by atoms with Gasteiger partial charge >= 0.3 is 0 Å². The SMILES string of the molecule is CC1(C)c2ccccc2-c2ccc(-c3c4ccc(N5c6ccccc6[Si](C)(C)c6ccccc65)cc4c(-c4ccccc4)c4ccc(N5c6ccccc6[Si](C)(C)c6ccccc65)cc34)cc21. The molecule has 322 valence electrons. The van der Waals surface area contributed by atoms with Crippen LogP contribution < -0.4 is 30.5 Å². The normalized spacial score (nSPS) is 15.6. The first kappa shape index (κ1) is 40.1. The van der Waals surface area contributed by atoms with Crippen molar-refractivity contribution < 1.29 is 0 Å². The van der Waals surface area contributed by atoms with E-state index in [-0.39, 0.29) is 5.41 Å². The van der Waals surface area contributed by atoms with Gasteiger partial charge in [-0.05, 0) is 141 Å². The summed E-state index contributed by atoms with van der Waals surface area (Å²) in [5.41, 5.74) is 17.8. The number of fused-ring (bicyclic) bond motifs is 9. The molecule has 0 spiro atoms. The quantitative estimate of drug-likeness (QED) is 0.128. The highest BCUT2D eigenvalue weighted by atomic mass is 28.3. The van der Waals surface area contributed by atoms with E-state index < -0.39 is 16.1 Å². The first-order valence-electron chi connectivity index (χ1n) is 23.9. The van der Waals surface area contributed by atoms with Crippen molar-refractivity contribution >= 4 is 92.6 Å². The zero-order chi connectivity index (χ0) is 45.4. The summed E-state index contributed by atoms with van der Waals surface area (Å²) < 4.78 is 0. The smallest absolute Gasteiger partial charge is 0.117 e. The van der Waals surface area contributed by atoms with E-state index in [1.54, 1.807) is 0 Å². The standard InChI is InChI=1S/C63H52N2Si2/c1-63(2)51-23-11-10-22-45(51)46-35-32-42(38-52(46)63)62-48-37-34-43(64-53-24-12-16-28-57(53)66(3,4)58-29-17-13-25-54(58)64)39-49(48)61(41-20-8-7-9-21-41)47-36-33-44(40-50(47)62)65-55-26-14-18-30-59(55)67(5,6)60-31-19-15-27-56(60)65/h7-40H,1-6H3. The third-order valence-electron chi connectivity index (χ3n) is 15.8. The lowest BCUT2D eigenvalue weighted by Crippen LogP contribution is -2.58. The third-order valence-corrected chi connectivity index (χ3v) is 22.9. The molecule has 0 saturated heterocycles. The van der Waals surface area contributed by atoms with Gasteiger partial charge < -0.3 is 9.80 Å². The molecule has 0 fully saturated rings. The lowest BCUT2D eigenvalue weighted by atomic mass is 9.80. The number of rotatable bonds is 4. The second kappa shape index (κ2) is 14.4. The number of hydrogen-bond donors (Lipinski definition) is 0. The molecule has 2 nitrogen and oxygen atoms in total. The summed E-state index contributed by atoms with van der Waals surface area (Å²) in [7, 11) is -3.95. The maximum absolute atomic E-state index is 2.54. The van der Waals surface area contributed by atoms with Crippen LogP contribution in [0.5, 0.6) is 0 Å². The van der Waals surface area contributed by atoms with Crippen LogP contribution in [0, 0.1) is 0 Å². The van der Waals surface area contributed by atoms with Gasteiger partial charge in [-0.25, -0.2) is 0 Å². The van der Waals surface area contributed by atoms with Crippen molar-refractivity contribution in [3.8, 4) is 33.4 Å². The summed E-state index contributed by atoms with van der Waals surface area (Å²) in [5.74, 6) is 0. The molecule has 10 aromatic rings. The monoisotopic (exact) mass is 892 g/mol. The van der Waals surface area contributed by atoms with Crippen LogP contribution in [-0.4, -0.2) is 16.1 Å². The van der Waals surface area contributed by atoms with Crippen LogP contribution in [-0.2, 0) is 5.41 Å². The molecule has 2 heterocycles. The van der Waals surface area contributed by atoms with Crippen molar-refractivity contribution in [1.29, 1.82) is 0 Å². The molecule has 0 atom stereocenters. The molecule has 0 unspecified atom stereocenters. The fourth-order valence-electron chi connectivity index (χ4n) is 12.5. The molecule has 4 heteroatoms. The van der Waals surface area contributed by atoms with Gasteiger partial charge in [-0.2, -0.15) is 0 Å². The predicted molar refractivity (Wildman–Crippen MR) is 293 cm³/mol. The lowest BCUT2D eigenvalue weighted by molar-refractivity contribution is 0.660. The molecule has 2 aliphatic heterocycles. The van der Waals surface area contributed by atoms with Crippen LogP contribution >= 0.6 is 0 Å². The first-order valence-corrected chi connectivity index (χ1v) is 29.9. The van der Waals surface area contributed by atoms with Gasteiger partial charge in [-0.15, -0.1) is 0 Å². The van der Waals surface area contributed by atoms with Gasteiger partial charge in [0, 0.05) is 39.5 Å². The van der Waals surface area contributed by atoms with E-state index in [0.717, 1.165) is 0 Å². The summed E-state index contributed by atoms with van der Waals surface area (Å²) >= 11 is 0. The topological polar surface area (TPSA) is 6.48 Å². The van der Waals surface area contributed by atoms with Gasteiger partial charge in [-0.1, -0.05) is 192 Å². The molecular weight excluding hydrogens is 841 g/mol. The molecule has 0 aromatic heterocycles. The third kappa shape index (κ3) is 5.67. The number of benzene rings is 10. The van der Waals surface area contributed by atoms with Crippen LogP contribution in [0.2, 0.25) is 26.2 Å². The van der Waals surface area contributed by atoms with Crippen LogP contribution in [0.3, 0.4) is 0 Å². The van der Waals surface area contributed by atoms with E-state index in [1.165, 1.54) is 121 Å². The van der Waals surface area contributed by atoms with Gasteiger partial charge in [0.1, 0.15) is 16.1 Å². The maximum Gasteiger partial charge on any atom is 0.117 e. The predicted octanol–water partition coefficient (Wildman–Crippen LogP) is 14.8. The van der Waals surface area contributed by atoms with Gasteiger partial charge in [-0.3, -0.25) is 0 Å². The van der Waals surface area contributed by atoms with E-state index in [1.807, 2.05) is 0 Å². The summed E-state index contributed by atoms with van der Waals surface area (Å²) in [6.07, 6.45) is 0. The highest BCUT2D eigenvalue weighted by Crippen LogP contribution is 2.53. The minimum Gasteiger partial charge on any atom is -0.311 e. The van der Waals surface area contributed by atoms with E-state index >= 15 is 0 Å². The molecule has 67 heavy (non-hydrogen) atoms. The Hall–Kier alpha value is -7.25. The van der Waals surface area contributed by atoms with Gasteiger partial charge in [0.15, 0.2) is 0 Å². The number of para-hydroxylation sites is 4. The summed E-state index contributed by atoms with van der Waals surface area (Å²) in [5, 5.41) is 10.9. The van der Waals surface area contributed by atoms with E-state index in [0.29, 0.717) is 0 Å². The van der Waals surface area contributed by atoms with Crippen LogP contribution in [0.25, 0.3) is 54.9 Å². The van der Waals surface area contributed by atoms with Crippen LogP contribution in [0.1, 0.15) is 25.0 Å². The Morgan fingerprint density at radius 1 is 0.328 bits per heavy atom. The van der Waals surface area contributed by atoms with Crippen molar-refractivity contribution in [2.45, 2.75) is 45.5 Å². The molecule has 0 saturated carbocycles.